The summed E-state index contributed by atoms with van der Waals surface area (Å²) in [5.41, 5.74) is -2.48. The van der Waals surface area contributed by atoms with Crippen molar-refractivity contribution in [3.05, 3.63) is 11.5 Å². The van der Waals surface area contributed by atoms with Gasteiger partial charge in [0.25, 0.3) is 5.69 Å². The van der Waals surface area contributed by atoms with Gasteiger partial charge in [0.15, 0.2) is 0 Å². The topological polar surface area (TPSA) is 54.0 Å². The second-order valence-corrected chi connectivity index (χ2v) is 11.9. The summed E-state index contributed by atoms with van der Waals surface area (Å²) in [4.78, 5) is 0.598. The summed E-state index contributed by atoms with van der Waals surface area (Å²) in [6.07, 6.45) is 0.109. The molecule has 0 unspecified atom stereocenters. The first kappa shape index (κ1) is 20.8. The Bertz CT molecular complexity index is 335. The molecule has 0 bridgehead atoms. The fourth-order valence-electron chi connectivity index (χ4n) is 1.33. The quantitative estimate of drug-likeness (QED) is 0.462. The van der Waals surface area contributed by atoms with Crippen molar-refractivity contribution in [3.8, 4) is 0 Å². The van der Waals surface area contributed by atoms with E-state index in [4.69, 9.17) is 29.9 Å². The van der Waals surface area contributed by atoms with Gasteiger partial charge >= 0.3 is 7.60 Å². The average molecular weight is 362 g/mol. The van der Waals surface area contributed by atoms with Crippen molar-refractivity contribution >= 4 is 36.5 Å². The van der Waals surface area contributed by atoms with Crippen LogP contribution in [0, 0.1) is 0 Å². The van der Waals surface area contributed by atoms with E-state index >= 15 is 0 Å². The first-order valence-electron chi connectivity index (χ1n) is 6.49. The predicted octanol–water partition coefficient (Wildman–Crippen LogP) is 4.80. The fourth-order valence-corrected chi connectivity index (χ4v) is 8.64. The highest BCUT2D eigenvalue weighted by molar-refractivity contribution is 8.69. The van der Waals surface area contributed by atoms with Gasteiger partial charge in [0.1, 0.15) is 0 Å². The van der Waals surface area contributed by atoms with Gasteiger partial charge in [0, 0.05) is 0 Å². The van der Waals surface area contributed by atoms with E-state index < -0.39 is 13.3 Å². The van der Waals surface area contributed by atoms with Crippen LogP contribution in [0.15, 0.2) is 11.5 Å². The van der Waals surface area contributed by atoms with Crippen LogP contribution in [-0.2, 0) is 34.5 Å². The van der Waals surface area contributed by atoms with E-state index in [1.807, 2.05) is 13.8 Å². The van der Waals surface area contributed by atoms with Crippen molar-refractivity contribution in [1.82, 2.24) is 0 Å². The van der Waals surface area contributed by atoms with Crippen LogP contribution >= 0.6 is 24.7 Å². The molecule has 5 nitrogen and oxygen atoms in total. The third-order valence-electron chi connectivity index (χ3n) is 1.84. The lowest BCUT2D eigenvalue weighted by Gasteiger charge is -2.23. The monoisotopic (exact) mass is 362 g/mol. The largest absolute Gasteiger partial charge is 0.335 e. The number of rotatable bonds is 12. The Hall–Kier alpha value is 0.810. The second kappa shape index (κ2) is 10.5. The molecule has 0 spiro atoms. The van der Waals surface area contributed by atoms with Crippen molar-refractivity contribution in [2.75, 3.05) is 32.6 Å². The molecule has 0 aromatic carbocycles. The van der Waals surface area contributed by atoms with Gasteiger partial charge in [-0.15, -0.1) is 0 Å². The molecule has 0 heterocycles. The Morgan fingerprint density at radius 1 is 1.00 bits per heavy atom. The third kappa shape index (κ3) is 8.30. The standard InChI is InChI=1S/C11H24O5P2S2/c1-6-13-17(12,14-7-2)10-11(5)20-18(19,15-8-3)16-9-4/h5-10H2,1-4H3. The molecule has 0 aromatic rings. The Kier molecular flexibility index (Phi) is 10.9. The minimum absolute atomic E-state index is 0.109. The van der Waals surface area contributed by atoms with Gasteiger partial charge < -0.3 is 18.1 Å². The Labute approximate surface area is 131 Å². The van der Waals surface area contributed by atoms with E-state index in [2.05, 4.69) is 6.58 Å². The molecule has 0 aliphatic carbocycles. The smallest absolute Gasteiger partial charge is 0.322 e. The number of allylic oxidation sites excluding steroid dienone is 1. The minimum Gasteiger partial charge on any atom is -0.322 e. The zero-order valence-electron chi connectivity index (χ0n) is 12.5. The molecule has 120 valence electrons. The Balaban J connectivity index is 4.72. The molecular weight excluding hydrogens is 338 g/mol. The Morgan fingerprint density at radius 2 is 1.40 bits per heavy atom. The lowest BCUT2D eigenvalue weighted by atomic mass is 10.7. The molecule has 0 radical (unpaired) electrons. The molecule has 0 amide bonds. The van der Waals surface area contributed by atoms with Crippen LogP contribution in [0.4, 0.5) is 0 Å². The molecule has 0 aromatic heterocycles. The average Bonchev–Trinajstić information content (AvgIpc) is 2.28. The van der Waals surface area contributed by atoms with Gasteiger partial charge in [-0.25, -0.2) is 0 Å². The van der Waals surface area contributed by atoms with Gasteiger partial charge in [-0.05, 0) is 55.8 Å². The zero-order valence-corrected chi connectivity index (χ0v) is 15.9. The van der Waals surface area contributed by atoms with Crippen LogP contribution in [0.25, 0.3) is 0 Å². The summed E-state index contributed by atoms with van der Waals surface area (Å²) < 4.78 is 33.9. The highest BCUT2D eigenvalue weighted by atomic mass is 32.9. The summed E-state index contributed by atoms with van der Waals surface area (Å²) in [7, 11) is -3.16. The van der Waals surface area contributed by atoms with Crippen molar-refractivity contribution in [2.24, 2.45) is 0 Å². The predicted molar refractivity (Wildman–Crippen MR) is 90.0 cm³/mol. The van der Waals surface area contributed by atoms with Crippen molar-refractivity contribution < 1.29 is 22.7 Å². The molecule has 0 saturated carbocycles. The summed E-state index contributed by atoms with van der Waals surface area (Å²) in [5, 5.41) is 0. The highest BCUT2D eigenvalue weighted by Gasteiger charge is 2.28. The van der Waals surface area contributed by atoms with Crippen molar-refractivity contribution in [3.63, 3.8) is 0 Å². The zero-order chi connectivity index (χ0) is 15.6. The number of hydrogen-bond acceptors (Lipinski definition) is 7. The molecular formula is C11H24O5P2S2. The lowest BCUT2D eigenvalue weighted by molar-refractivity contribution is 0.222. The van der Waals surface area contributed by atoms with E-state index in [9.17, 15) is 4.57 Å². The second-order valence-electron chi connectivity index (χ2n) is 3.52. The number of hydrogen-bond donors (Lipinski definition) is 0. The van der Waals surface area contributed by atoms with Gasteiger partial charge in [-0.3, -0.25) is 4.57 Å². The first-order valence-corrected chi connectivity index (χ1v) is 12.3. The molecule has 0 rings (SSSR count). The van der Waals surface area contributed by atoms with Gasteiger partial charge in [0.05, 0.1) is 32.6 Å². The van der Waals surface area contributed by atoms with Gasteiger partial charge in [-0.2, -0.15) is 0 Å². The van der Waals surface area contributed by atoms with Crippen LogP contribution in [0.2, 0.25) is 0 Å². The minimum atomic E-state index is -3.16. The molecule has 0 fully saturated rings. The fraction of sp³-hybridized carbons (Fsp3) is 0.818. The SMILES string of the molecule is C=C(CP(=O)(OCC)OCC)SP(=S)(OCC)OCC. The van der Waals surface area contributed by atoms with Gasteiger partial charge in [0.2, 0.25) is 0 Å². The maximum atomic E-state index is 12.4. The molecule has 0 N–H and O–H groups in total. The van der Waals surface area contributed by atoms with Crippen molar-refractivity contribution in [1.29, 1.82) is 0 Å². The van der Waals surface area contributed by atoms with E-state index in [1.54, 1.807) is 13.8 Å². The van der Waals surface area contributed by atoms with Gasteiger partial charge in [-0.1, -0.05) is 6.58 Å². The molecule has 0 saturated heterocycles. The lowest BCUT2D eigenvalue weighted by Crippen LogP contribution is -2.01. The van der Waals surface area contributed by atoms with E-state index in [1.165, 1.54) is 11.4 Å². The molecule has 0 atom stereocenters. The molecule has 20 heavy (non-hydrogen) atoms. The maximum Gasteiger partial charge on any atom is 0.335 e. The highest BCUT2D eigenvalue weighted by Crippen LogP contribution is 2.65. The normalized spacial score (nSPS) is 12.6. The van der Waals surface area contributed by atoms with E-state index in [0.717, 1.165) is 0 Å². The summed E-state index contributed by atoms with van der Waals surface area (Å²) in [6, 6.07) is 0. The molecule has 0 aliphatic heterocycles. The summed E-state index contributed by atoms with van der Waals surface area (Å²) in [5.74, 6) is 0. The summed E-state index contributed by atoms with van der Waals surface area (Å²) in [6.45, 7) is 12.7. The third-order valence-corrected chi connectivity index (χ3v) is 9.28. The molecule has 0 aliphatic rings. The van der Waals surface area contributed by atoms with E-state index in [0.29, 0.717) is 31.3 Å². The van der Waals surface area contributed by atoms with Crippen LogP contribution < -0.4 is 0 Å². The van der Waals surface area contributed by atoms with Crippen LogP contribution in [0.5, 0.6) is 0 Å². The first-order chi connectivity index (χ1) is 9.34. The van der Waals surface area contributed by atoms with Crippen LogP contribution in [0.3, 0.4) is 0 Å². The maximum absolute atomic E-state index is 12.4. The summed E-state index contributed by atoms with van der Waals surface area (Å²) >= 11 is 6.62. The van der Waals surface area contributed by atoms with Crippen LogP contribution in [-0.4, -0.2) is 32.6 Å². The van der Waals surface area contributed by atoms with Crippen LogP contribution in [0.1, 0.15) is 27.7 Å². The van der Waals surface area contributed by atoms with Crippen molar-refractivity contribution in [2.45, 2.75) is 27.7 Å². The van der Waals surface area contributed by atoms with E-state index in [-0.39, 0.29) is 6.16 Å². The Morgan fingerprint density at radius 3 is 1.75 bits per heavy atom. The molecule has 9 heteroatoms.